The molecule has 2 N–H and O–H groups in total. The predicted octanol–water partition coefficient (Wildman–Crippen LogP) is -0.00191. The number of halogens is 1. The molecule has 1 heterocycles. The Labute approximate surface area is 45.4 Å². The third-order valence-electron chi connectivity index (χ3n) is 0.635. The molecule has 0 saturated heterocycles. The van der Waals surface area contributed by atoms with Crippen molar-refractivity contribution in [2.45, 2.75) is 0 Å². The Morgan fingerprint density at radius 3 is 2.88 bits per heavy atom. The molecule has 1 aromatic rings. The maximum Gasteiger partial charge on any atom is 0.256 e. The highest BCUT2D eigenvalue weighted by Crippen LogP contribution is 1.96. The summed E-state index contributed by atoms with van der Waals surface area (Å²) in [6.07, 6.45) is 3.39. The maximum absolute atomic E-state index is 12.0. The SMILES string of the molecule is Nc1nc[c]nc1F. The Morgan fingerprint density at radius 2 is 2.50 bits per heavy atom. The van der Waals surface area contributed by atoms with Gasteiger partial charge < -0.3 is 5.73 Å². The summed E-state index contributed by atoms with van der Waals surface area (Å²) >= 11 is 0. The van der Waals surface area contributed by atoms with Crippen LogP contribution in [0.1, 0.15) is 0 Å². The van der Waals surface area contributed by atoms with E-state index in [2.05, 4.69) is 16.2 Å². The van der Waals surface area contributed by atoms with Crippen molar-refractivity contribution in [1.82, 2.24) is 9.97 Å². The molecular formula is C4H3FN3. The Morgan fingerprint density at radius 1 is 1.75 bits per heavy atom. The van der Waals surface area contributed by atoms with Crippen molar-refractivity contribution < 1.29 is 4.39 Å². The van der Waals surface area contributed by atoms with E-state index in [-0.39, 0.29) is 5.82 Å². The quantitative estimate of drug-likeness (QED) is 0.513. The van der Waals surface area contributed by atoms with E-state index in [0.29, 0.717) is 0 Å². The second-order valence-electron chi connectivity index (χ2n) is 1.18. The number of rotatable bonds is 0. The number of nitrogens with two attached hydrogens (primary N) is 1. The Balaban J connectivity index is 3.13. The van der Waals surface area contributed by atoms with Crippen LogP contribution in [0.15, 0.2) is 6.20 Å². The number of hydrogen-bond acceptors (Lipinski definition) is 3. The molecule has 0 amide bonds. The van der Waals surface area contributed by atoms with Crippen molar-refractivity contribution in [3.63, 3.8) is 0 Å². The Kier molecular flexibility index (Phi) is 1.07. The lowest BCUT2D eigenvalue weighted by Gasteiger charge is -1.87. The molecule has 0 bridgehead atoms. The summed E-state index contributed by atoms with van der Waals surface area (Å²) in [4.78, 5) is 6.46. The molecule has 0 aromatic carbocycles. The molecule has 0 aliphatic rings. The zero-order chi connectivity index (χ0) is 5.98. The van der Waals surface area contributed by atoms with Crippen LogP contribution in [0, 0.1) is 12.1 Å². The van der Waals surface area contributed by atoms with Crippen LogP contribution in [0.5, 0.6) is 0 Å². The molecule has 0 aliphatic heterocycles. The van der Waals surface area contributed by atoms with Gasteiger partial charge in [-0.1, -0.05) is 0 Å². The lowest BCUT2D eigenvalue weighted by molar-refractivity contribution is 0.582. The van der Waals surface area contributed by atoms with Crippen LogP contribution >= 0.6 is 0 Å². The van der Waals surface area contributed by atoms with Gasteiger partial charge in [0.25, 0.3) is 5.95 Å². The summed E-state index contributed by atoms with van der Waals surface area (Å²) in [6.45, 7) is 0. The van der Waals surface area contributed by atoms with Gasteiger partial charge in [-0.15, -0.1) is 0 Å². The highest BCUT2D eigenvalue weighted by molar-refractivity contribution is 5.22. The van der Waals surface area contributed by atoms with Crippen LogP contribution in [0.2, 0.25) is 0 Å². The lowest BCUT2D eigenvalue weighted by atomic mass is 10.7. The molecule has 3 nitrogen and oxygen atoms in total. The third kappa shape index (κ3) is 0.726. The van der Waals surface area contributed by atoms with Gasteiger partial charge in [-0.3, -0.25) is 0 Å². The van der Waals surface area contributed by atoms with Crippen LogP contribution in [0.25, 0.3) is 0 Å². The molecule has 41 valence electrons. The first-order valence-electron chi connectivity index (χ1n) is 1.95. The van der Waals surface area contributed by atoms with Crippen molar-refractivity contribution in [2.75, 3.05) is 5.73 Å². The number of nitrogens with zero attached hydrogens (tertiary/aromatic N) is 2. The highest BCUT2D eigenvalue weighted by Gasteiger charge is 1.94. The minimum Gasteiger partial charge on any atom is -0.380 e. The third-order valence-corrected chi connectivity index (χ3v) is 0.635. The van der Waals surface area contributed by atoms with Crippen molar-refractivity contribution in [1.29, 1.82) is 0 Å². The standard InChI is InChI=1S/C4H3FN3/c5-3-4(6)8-2-1-7-3/h2H,(H2,6,8). The smallest absolute Gasteiger partial charge is 0.256 e. The summed E-state index contributed by atoms with van der Waals surface area (Å²) in [6, 6.07) is 0. The molecule has 1 aromatic heterocycles. The minimum atomic E-state index is -0.771. The van der Waals surface area contributed by atoms with Crippen molar-refractivity contribution in [3.05, 3.63) is 18.3 Å². The van der Waals surface area contributed by atoms with Crippen LogP contribution < -0.4 is 5.73 Å². The molecular weight excluding hydrogens is 109 g/mol. The van der Waals surface area contributed by atoms with Gasteiger partial charge in [-0.05, 0) is 0 Å². The first-order chi connectivity index (χ1) is 3.80. The topological polar surface area (TPSA) is 51.8 Å². The van der Waals surface area contributed by atoms with Crippen LogP contribution in [0.4, 0.5) is 10.2 Å². The fraction of sp³-hybridized carbons (Fsp3) is 0. The van der Waals surface area contributed by atoms with Gasteiger partial charge in [-0.25, -0.2) is 9.97 Å². The molecule has 1 radical (unpaired) electrons. The van der Waals surface area contributed by atoms with Gasteiger partial charge in [0, 0.05) is 0 Å². The van der Waals surface area contributed by atoms with E-state index in [1.807, 2.05) is 0 Å². The van der Waals surface area contributed by atoms with E-state index in [0.717, 1.165) is 0 Å². The summed E-state index contributed by atoms with van der Waals surface area (Å²) < 4.78 is 12.0. The second kappa shape index (κ2) is 1.73. The summed E-state index contributed by atoms with van der Waals surface area (Å²) in [7, 11) is 0. The van der Waals surface area contributed by atoms with E-state index in [1.165, 1.54) is 6.20 Å². The Bertz CT molecular complexity index is 167. The molecule has 1 rings (SSSR count). The fourth-order valence-electron chi connectivity index (χ4n) is 0.294. The highest BCUT2D eigenvalue weighted by atomic mass is 19.1. The van der Waals surface area contributed by atoms with Crippen LogP contribution in [-0.2, 0) is 0 Å². The molecule has 4 heteroatoms. The van der Waals surface area contributed by atoms with Crippen molar-refractivity contribution in [3.8, 4) is 0 Å². The van der Waals surface area contributed by atoms with E-state index in [9.17, 15) is 4.39 Å². The lowest BCUT2D eigenvalue weighted by Crippen LogP contribution is -1.95. The van der Waals surface area contributed by atoms with Gasteiger partial charge in [-0.2, -0.15) is 4.39 Å². The van der Waals surface area contributed by atoms with Crippen LogP contribution in [-0.4, -0.2) is 9.97 Å². The van der Waals surface area contributed by atoms with E-state index in [4.69, 9.17) is 5.73 Å². The first-order valence-corrected chi connectivity index (χ1v) is 1.95. The normalized spacial score (nSPS) is 9.12. The zero-order valence-corrected chi connectivity index (χ0v) is 3.93. The molecule has 0 spiro atoms. The number of nitrogen functional groups attached to an aromatic ring is 1. The summed E-state index contributed by atoms with van der Waals surface area (Å²) in [5.74, 6) is -0.962. The van der Waals surface area contributed by atoms with Crippen molar-refractivity contribution >= 4 is 5.82 Å². The molecule has 0 atom stereocenters. The van der Waals surface area contributed by atoms with E-state index in [1.54, 1.807) is 0 Å². The van der Waals surface area contributed by atoms with Gasteiger partial charge in [0.2, 0.25) is 0 Å². The predicted molar refractivity (Wildman–Crippen MR) is 25.2 cm³/mol. The molecule has 0 fully saturated rings. The minimum absolute atomic E-state index is 0.191. The summed E-state index contributed by atoms with van der Waals surface area (Å²) in [5.41, 5.74) is 4.95. The number of hydrogen-bond donors (Lipinski definition) is 1. The van der Waals surface area contributed by atoms with E-state index >= 15 is 0 Å². The second-order valence-corrected chi connectivity index (χ2v) is 1.18. The average molecular weight is 112 g/mol. The van der Waals surface area contributed by atoms with Gasteiger partial charge in [0.1, 0.15) is 6.20 Å². The zero-order valence-electron chi connectivity index (χ0n) is 3.93. The van der Waals surface area contributed by atoms with Crippen molar-refractivity contribution in [2.24, 2.45) is 0 Å². The summed E-state index contributed by atoms with van der Waals surface area (Å²) in [5, 5.41) is 0. The molecule has 8 heavy (non-hydrogen) atoms. The first kappa shape index (κ1) is 4.96. The fourth-order valence-corrected chi connectivity index (χ4v) is 0.294. The average Bonchev–Trinajstić information content (AvgIpc) is 1.77. The molecule has 0 aliphatic carbocycles. The van der Waals surface area contributed by atoms with Gasteiger partial charge >= 0.3 is 0 Å². The van der Waals surface area contributed by atoms with Gasteiger partial charge in [0.15, 0.2) is 5.82 Å². The number of anilines is 1. The Hall–Kier alpha value is -1.19. The monoisotopic (exact) mass is 112 g/mol. The van der Waals surface area contributed by atoms with Gasteiger partial charge in [0.05, 0.1) is 6.20 Å². The maximum atomic E-state index is 12.0. The number of aromatic nitrogens is 2. The molecule has 0 saturated carbocycles. The largest absolute Gasteiger partial charge is 0.380 e. The van der Waals surface area contributed by atoms with E-state index < -0.39 is 5.95 Å². The molecule has 0 unspecified atom stereocenters. The van der Waals surface area contributed by atoms with Crippen LogP contribution in [0.3, 0.4) is 0 Å².